The maximum Gasteiger partial charge on any atom is 0.274 e. The Balaban J connectivity index is 1.57. The van der Waals surface area contributed by atoms with E-state index in [1.807, 2.05) is 6.07 Å². The third-order valence-corrected chi connectivity index (χ3v) is 5.81. The number of aryl methyl sites for hydroxylation is 1. The summed E-state index contributed by atoms with van der Waals surface area (Å²) in [5.41, 5.74) is 2.02. The minimum atomic E-state index is -0.615. The standard InChI is InChI=1S/C21H16BrClFN7O2/c1-10-6-13-4-5-26-30(13)18(21(33)27-12-2-3-12)17(10)28-20(32)15-8-16(22)29-31(15)19-14(23)7-11(24)9-25-19/h4-9,12H,2-3H2,1H3,(H,27,33)(H,28,32). The van der Waals surface area contributed by atoms with Crippen molar-refractivity contribution in [2.75, 3.05) is 5.32 Å². The highest BCUT2D eigenvalue weighted by Gasteiger charge is 2.29. The van der Waals surface area contributed by atoms with Gasteiger partial charge in [-0.2, -0.15) is 10.2 Å². The normalized spacial score (nSPS) is 13.3. The summed E-state index contributed by atoms with van der Waals surface area (Å²) in [7, 11) is 0. The molecule has 1 fully saturated rings. The molecule has 9 nitrogen and oxygen atoms in total. The van der Waals surface area contributed by atoms with E-state index in [9.17, 15) is 14.0 Å². The number of hydrogen-bond acceptors (Lipinski definition) is 5. The molecule has 0 saturated heterocycles. The first-order chi connectivity index (χ1) is 15.8. The Labute approximate surface area is 200 Å². The molecule has 2 amide bonds. The van der Waals surface area contributed by atoms with Crippen LogP contribution in [0.15, 0.2) is 41.3 Å². The first-order valence-electron chi connectivity index (χ1n) is 9.98. The lowest BCUT2D eigenvalue weighted by molar-refractivity contribution is 0.0944. The van der Waals surface area contributed by atoms with E-state index in [1.165, 1.54) is 15.3 Å². The van der Waals surface area contributed by atoms with Crippen molar-refractivity contribution in [2.24, 2.45) is 0 Å². The van der Waals surface area contributed by atoms with Crippen LogP contribution in [-0.4, -0.2) is 42.2 Å². The minimum absolute atomic E-state index is 0.0155. The summed E-state index contributed by atoms with van der Waals surface area (Å²) < 4.78 is 16.5. The molecular formula is C21H16BrClFN7O2. The van der Waals surface area contributed by atoms with E-state index in [4.69, 9.17) is 11.6 Å². The quantitative estimate of drug-likeness (QED) is 0.405. The molecule has 0 aliphatic heterocycles. The third kappa shape index (κ3) is 4.09. The molecule has 0 unspecified atom stereocenters. The summed E-state index contributed by atoms with van der Waals surface area (Å²) in [5, 5.41) is 14.2. The average molecular weight is 533 g/mol. The highest BCUT2D eigenvalue weighted by Crippen LogP contribution is 2.28. The highest BCUT2D eigenvalue weighted by atomic mass is 79.9. The van der Waals surface area contributed by atoms with E-state index in [1.54, 1.807) is 19.2 Å². The van der Waals surface area contributed by atoms with Gasteiger partial charge < -0.3 is 10.6 Å². The molecular weight excluding hydrogens is 517 g/mol. The van der Waals surface area contributed by atoms with Gasteiger partial charge in [0.1, 0.15) is 16.1 Å². The molecule has 12 heteroatoms. The molecule has 0 bridgehead atoms. The highest BCUT2D eigenvalue weighted by molar-refractivity contribution is 9.10. The Morgan fingerprint density at radius 1 is 1.24 bits per heavy atom. The number of anilines is 1. The average Bonchev–Trinajstić information content (AvgIpc) is 3.30. The maximum absolute atomic E-state index is 13.5. The second-order valence-corrected chi connectivity index (χ2v) is 8.86. The van der Waals surface area contributed by atoms with Crippen LogP contribution in [0.4, 0.5) is 10.1 Å². The largest absolute Gasteiger partial charge is 0.348 e. The van der Waals surface area contributed by atoms with E-state index >= 15 is 0 Å². The first kappa shape index (κ1) is 21.5. The van der Waals surface area contributed by atoms with Crippen molar-refractivity contribution >= 4 is 50.5 Å². The maximum atomic E-state index is 13.5. The van der Waals surface area contributed by atoms with Crippen LogP contribution in [0.3, 0.4) is 0 Å². The van der Waals surface area contributed by atoms with E-state index < -0.39 is 11.7 Å². The number of pyridine rings is 2. The fraction of sp³-hybridized carbons (Fsp3) is 0.190. The van der Waals surface area contributed by atoms with Gasteiger partial charge in [0.15, 0.2) is 11.5 Å². The molecule has 1 aliphatic carbocycles. The molecule has 168 valence electrons. The van der Waals surface area contributed by atoms with Gasteiger partial charge >= 0.3 is 0 Å². The number of fused-ring (bicyclic) bond motifs is 1. The van der Waals surface area contributed by atoms with Crippen molar-refractivity contribution in [3.63, 3.8) is 0 Å². The number of hydrogen-bond donors (Lipinski definition) is 2. The Morgan fingerprint density at radius 2 is 2.03 bits per heavy atom. The Bertz CT molecular complexity index is 1430. The topological polar surface area (TPSA) is 106 Å². The molecule has 1 aliphatic rings. The van der Waals surface area contributed by atoms with Crippen LogP contribution in [0, 0.1) is 12.7 Å². The van der Waals surface area contributed by atoms with Gasteiger partial charge in [0.05, 0.1) is 28.6 Å². The summed E-state index contributed by atoms with van der Waals surface area (Å²) in [4.78, 5) is 30.4. The summed E-state index contributed by atoms with van der Waals surface area (Å²) in [6.07, 6.45) is 4.40. The van der Waals surface area contributed by atoms with Crippen molar-refractivity contribution in [2.45, 2.75) is 25.8 Å². The van der Waals surface area contributed by atoms with Crippen LogP contribution in [0.5, 0.6) is 0 Å². The molecule has 1 saturated carbocycles. The molecule has 33 heavy (non-hydrogen) atoms. The van der Waals surface area contributed by atoms with Crippen LogP contribution in [0.25, 0.3) is 11.3 Å². The number of halogens is 3. The zero-order valence-corrected chi connectivity index (χ0v) is 19.5. The lowest BCUT2D eigenvalue weighted by Gasteiger charge is -2.16. The molecule has 0 spiro atoms. The van der Waals surface area contributed by atoms with Gasteiger partial charge in [-0.25, -0.2) is 18.6 Å². The van der Waals surface area contributed by atoms with Gasteiger partial charge in [-0.3, -0.25) is 9.59 Å². The number of carbonyl (C=O) groups excluding carboxylic acids is 2. The first-order valence-corrected chi connectivity index (χ1v) is 11.2. The number of rotatable bonds is 5. The number of aromatic nitrogens is 5. The number of carbonyl (C=O) groups is 2. The second-order valence-electron chi connectivity index (χ2n) is 7.64. The predicted molar refractivity (Wildman–Crippen MR) is 122 cm³/mol. The van der Waals surface area contributed by atoms with Gasteiger partial charge in [0.2, 0.25) is 0 Å². The fourth-order valence-electron chi connectivity index (χ4n) is 3.46. The monoisotopic (exact) mass is 531 g/mol. The second kappa shape index (κ2) is 8.23. The van der Waals surface area contributed by atoms with Gasteiger partial charge in [-0.1, -0.05) is 11.6 Å². The summed E-state index contributed by atoms with van der Waals surface area (Å²) in [6, 6.07) is 6.28. The third-order valence-electron chi connectivity index (χ3n) is 5.15. The SMILES string of the molecule is Cc1cc2ccnn2c(C(=O)NC2CC2)c1NC(=O)c1cc(Br)nn1-c1ncc(F)cc1Cl. The van der Waals surface area contributed by atoms with Gasteiger partial charge in [-0.05, 0) is 59.5 Å². The zero-order valence-electron chi connectivity index (χ0n) is 17.1. The van der Waals surface area contributed by atoms with Crippen molar-refractivity contribution in [1.29, 1.82) is 0 Å². The molecule has 4 heterocycles. The van der Waals surface area contributed by atoms with Crippen LogP contribution >= 0.6 is 27.5 Å². The van der Waals surface area contributed by atoms with E-state index in [2.05, 4.69) is 41.7 Å². The van der Waals surface area contributed by atoms with Gasteiger partial charge in [0, 0.05) is 12.1 Å². The Morgan fingerprint density at radius 3 is 2.76 bits per heavy atom. The number of nitrogens with one attached hydrogen (secondary N) is 2. The van der Waals surface area contributed by atoms with E-state index in [-0.39, 0.29) is 34.2 Å². The van der Waals surface area contributed by atoms with Crippen molar-refractivity contribution < 1.29 is 14.0 Å². The van der Waals surface area contributed by atoms with Crippen LogP contribution in [0.2, 0.25) is 5.02 Å². The Hall–Kier alpha value is -3.31. The molecule has 0 radical (unpaired) electrons. The smallest absolute Gasteiger partial charge is 0.274 e. The molecule has 5 rings (SSSR count). The summed E-state index contributed by atoms with van der Waals surface area (Å²) in [5.74, 6) is -1.43. The Kier molecular flexibility index (Phi) is 5.37. The fourth-order valence-corrected chi connectivity index (χ4v) is 4.07. The van der Waals surface area contributed by atoms with Crippen LogP contribution in [-0.2, 0) is 0 Å². The lowest BCUT2D eigenvalue weighted by Crippen LogP contribution is -2.30. The van der Waals surface area contributed by atoms with Gasteiger partial charge in [0.25, 0.3) is 11.8 Å². The molecule has 0 aromatic carbocycles. The van der Waals surface area contributed by atoms with Crippen molar-refractivity contribution in [1.82, 2.24) is 29.7 Å². The molecule has 0 atom stereocenters. The molecule has 4 aromatic rings. The molecule has 2 N–H and O–H groups in total. The molecule has 4 aromatic heterocycles. The summed E-state index contributed by atoms with van der Waals surface area (Å²) >= 11 is 9.39. The zero-order chi connectivity index (χ0) is 23.3. The van der Waals surface area contributed by atoms with Crippen LogP contribution in [0.1, 0.15) is 39.4 Å². The van der Waals surface area contributed by atoms with E-state index in [0.717, 1.165) is 30.6 Å². The van der Waals surface area contributed by atoms with Gasteiger partial charge in [-0.15, -0.1) is 0 Å². The van der Waals surface area contributed by atoms with Crippen LogP contribution < -0.4 is 10.6 Å². The lowest BCUT2D eigenvalue weighted by atomic mass is 10.1. The summed E-state index contributed by atoms with van der Waals surface area (Å²) in [6.45, 7) is 1.79. The minimum Gasteiger partial charge on any atom is -0.348 e. The van der Waals surface area contributed by atoms with Crippen molar-refractivity contribution in [3.8, 4) is 5.82 Å². The number of nitrogens with zero attached hydrogens (tertiary/aromatic N) is 5. The van der Waals surface area contributed by atoms with E-state index in [0.29, 0.717) is 15.9 Å². The number of amides is 2. The predicted octanol–water partition coefficient (Wildman–Crippen LogP) is 3.92. The van der Waals surface area contributed by atoms with Crippen molar-refractivity contribution in [3.05, 3.63) is 69.1 Å².